The predicted molar refractivity (Wildman–Crippen MR) is 67.4 cm³/mol. The van der Waals surface area contributed by atoms with Gasteiger partial charge in [0.25, 0.3) is 0 Å². The second-order valence-corrected chi connectivity index (χ2v) is 5.45. The number of piperidine rings is 1. The summed E-state index contributed by atoms with van der Waals surface area (Å²) < 4.78 is 0. The number of hydrogen-bond donors (Lipinski definition) is 0. The lowest BCUT2D eigenvalue weighted by Crippen LogP contribution is -2.49. The highest BCUT2D eigenvalue weighted by molar-refractivity contribution is 5.82. The van der Waals surface area contributed by atoms with E-state index in [9.17, 15) is 4.79 Å². The Morgan fingerprint density at radius 1 is 1.38 bits per heavy atom. The number of rotatable bonds is 3. The maximum absolute atomic E-state index is 12.5. The van der Waals surface area contributed by atoms with E-state index in [2.05, 4.69) is 32.7 Å². The highest BCUT2D eigenvalue weighted by Crippen LogP contribution is 2.36. The normalized spacial score (nSPS) is 21.1. The molecule has 94 valence electrons. The zero-order valence-electron chi connectivity index (χ0n) is 11.4. The summed E-state index contributed by atoms with van der Waals surface area (Å²) in [7, 11) is 4.07. The van der Waals surface area contributed by atoms with Crippen LogP contribution in [0.2, 0.25) is 0 Å². The van der Waals surface area contributed by atoms with Crippen LogP contribution in [0.1, 0.15) is 40.0 Å². The van der Waals surface area contributed by atoms with Crippen LogP contribution in [0.25, 0.3) is 0 Å². The largest absolute Gasteiger partial charge is 0.343 e. The van der Waals surface area contributed by atoms with Gasteiger partial charge in [-0.1, -0.05) is 6.92 Å². The SMILES string of the molecule is CCC1(C(=O)N(C)C(C)C)CCN(C)CC1. The highest BCUT2D eigenvalue weighted by atomic mass is 16.2. The van der Waals surface area contributed by atoms with Gasteiger partial charge in [0.1, 0.15) is 0 Å². The fourth-order valence-electron chi connectivity index (χ4n) is 2.37. The standard InChI is InChI=1S/C13H26N2O/c1-6-13(7-9-14(4)10-8-13)12(16)15(5)11(2)3/h11H,6-10H2,1-5H3. The van der Waals surface area contributed by atoms with Crippen LogP contribution in [0.3, 0.4) is 0 Å². The van der Waals surface area contributed by atoms with Crippen LogP contribution in [0.15, 0.2) is 0 Å². The first kappa shape index (κ1) is 13.5. The molecule has 0 aromatic heterocycles. The van der Waals surface area contributed by atoms with Gasteiger partial charge in [0, 0.05) is 13.1 Å². The third-order valence-electron chi connectivity index (χ3n) is 4.17. The molecule has 0 aliphatic carbocycles. The first-order valence-corrected chi connectivity index (χ1v) is 6.39. The Kier molecular flexibility index (Phi) is 4.36. The summed E-state index contributed by atoms with van der Waals surface area (Å²) >= 11 is 0. The molecular weight excluding hydrogens is 200 g/mol. The minimum absolute atomic E-state index is 0.0917. The first-order chi connectivity index (χ1) is 7.43. The third-order valence-corrected chi connectivity index (χ3v) is 4.17. The van der Waals surface area contributed by atoms with E-state index in [0.29, 0.717) is 11.9 Å². The van der Waals surface area contributed by atoms with Gasteiger partial charge in [-0.15, -0.1) is 0 Å². The fourth-order valence-corrected chi connectivity index (χ4v) is 2.37. The van der Waals surface area contributed by atoms with Gasteiger partial charge in [0.05, 0.1) is 5.41 Å². The average Bonchev–Trinajstić information content (AvgIpc) is 2.28. The summed E-state index contributed by atoms with van der Waals surface area (Å²) in [6.07, 6.45) is 2.99. The average molecular weight is 226 g/mol. The van der Waals surface area contributed by atoms with E-state index in [1.165, 1.54) is 0 Å². The summed E-state index contributed by atoms with van der Waals surface area (Å²) in [6, 6.07) is 0.301. The van der Waals surface area contributed by atoms with E-state index in [-0.39, 0.29) is 5.41 Å². The molecule has 0 saturated carbocycles. The molecule has 1 fully saturated rings. The summed E-state index contributed by atoms with van der Waals surface area (Å²) in [5, 5.41) is 0. The molecule has 1 heterocycles. The van der Waals surface area contributed by atoms with Gasteiger partial charge >= 0.3 is 0 Å². The Morgan fingerprint density at radius 3 is 2.25 bits per heavy atom. The van der Waals surface area contributed by atoms with Crippen LogP contribution in [0.5, 0.6) is 0 Å². The Bertz CT molecular complexity index is 242. The van der Waals surface area contributed by atoms with Crippen molar-refractivity contribution in [1.82, 2.24) is 9.80 Å². The van der Waals surface area contributed by atoms with Gasteiger partial charge in [-0.05, 0) is 53.2 Å². The van der Waals surface area contributed by atoms with Crippen LogP contribution in [0, 0.1) is 5.41 Å². The maximum Gasteiger partial charge on any atom is 0.228 e. The topological polar surface area (TPSA) is 23.6 Å². The van der Waals surface area contributed by atoms with Crippen molar-refractivity contribution in [2.45, 2.75) is 46.1 Å². The van der Waals surface area contributed by atoms with Crippen LogP contribution in [0.4, 0.5) is 0 Å². The van der Waals surface area contributed by atoms with Crippen molar-refractivity contribution in [2.24, 2.45) is 5.41 Å². The van der Waals surface area contributed by atoms with E-state index in [1.54, 1.807) is 0 Å². The Morgan fingerprint density at radius 2 is 1.88 bits per heavy atom. The summed E-state index contributed by atoms with van der Waals surface area (Å²) in [6.45, 7) is 8.40. The first-order valence-electron chi connectivity index (χ1n) is 6.39. The lowest BCUT2D eigenvalue weighted by atomic mass is 9.75. The van der Waals surface area contributed by atoms with E-state index >= 15 is 0 Å². The van der Waals surface area contributed by atoms with Crippen molar-refractivity contribution in [1.29, 1.82) is 0 Å². The molecule has 0 atom stereocenters. The van der Waals surface area contributed by atoms with Crippen LogP contribution < -0.4 is 0 Å². The molecule has 0 aromatic carbocycles. The maximum atomic E-state index is 12.5. The van der Waals surface area contributed by atoms with E-state index in [0.717, 1.165) is 32.4 Å². The van der Waals surface area contributed by atoms with E-state index in [1.807, 2.05) is 11.9 Å². The van der Waals surface area contributed by atoms with Crippen LogP contribution in [-0.2, 0) is 4.79 Å². The zero-order valence-corrected chi connectivity index (χ0v) is 11.4. The lowest BCUT2D eigenvalue weighted by Gasteiger charge is -2.42. The molecule has 0 unspecified atom stereocenters. The minimum Gasteiger partial charge on any atom is -0.343 e. The molecule has 0 bridgehead atoms. The van der Waals surface area contributed by atoms with Crippen LogP contribution >= 0.6 is 0 Å². The van der Waals surface area contributed by atoms with Gasteiger partial charge in [0.15, 0.2) is 0 Å². The number of likely N-dealkylation sites (tertiary alicyclic amines) is 1. The molecule has 0 spiro atoms. The number of amides is 1. The van der Waals surface area contributed by atoms with Gasteiger partial charge < -0.3 is 9.80 Å². The van der Waals surface area contributed by atoms with Crippen molar-refractivity contribution < 1.29 is 4.79 Å². The summed E-state index contributed by atoms with van der Waals surface area (Å²) in [5.41, 5.74) is -0.0917. The van der Waals surface area contributed by atoms with E-state index in [4.69, 9.17) is 0 Å². The van der Waals surface area contributed by atoms with Crippen molar-refractivity contribution in [3.8, 4) is 0 Å². The van der Waals surface area contributed by atoms with Gasteiger partial charge in [-0.25, -0.2) is 0 Å². The molecule has 1 aliphatic heterocycles. The van der Waals surface area contributed by atoms with Crippen molar-refractivity contribution in [3.63, 3.8) is 0 Å². The number of carbonyl (C=O) groups excluding carboxylic acids is 1. The lowest BCUT2D eigenvalue weighted by molar-refractivity contribution is -0.145. The molecule has 1 saturated heterocycles. The molecule has 16 heavy (non-hydrogen) atoms. The van der Waals surface area contributed by atoms with Crippen LogP contribution in [-0.4, -0.2) is 48.9 Å². The molecule has 1 amide bonds. The van der Waals surface area contributed by atoms with Crippen molar-refractivity contribution >= 4 is 5.91 Å². The Hall–Kier alpha value is -0.570. The molecule has 3 nitrogen and oxygen atoms in total. The number of carbonyl (C=O) groups is 1. The molecule has 1 aliphatic rings. The predicted octanol–water partition coefficient (Wildman–Crippen LogP) is 1.98. The minimum atomic E-state index is -0.0917. The Labute approximate surface area is 99.8 Å². The zero-order chi connectivity index (χ0) is 12.3. The van der Waals surface area contributed by atoms with Crippen molar-refractivity contribution in [2.75, 3.05) is 27.2 Å². The number of nitrogens with zero attached hydrogens (tertiary/aromatic N) is 2. The third kappa shape index (κ3) is 2.57. The monoisotopic (exact) mass is 226 g/mol. The summed E-state index contributed by atoms with van der Waals surface area (Å²) in [4.78, 5) is 16.7. The van der Waals surface area contributed by atoms with Gasteiger partial charge in [-0.3, -0.25) is 4.79 Å². The highest BCUT2D eigenvalue weighted by Gasteiger charge is 2.41. The van der Waals surface area contributed by atoms with E-state index < -0.39 is 0 Å². The molecule has 3 heteroatoms. The molecule has 1 rings (SSSR count). The molecule has 0 radical (unpaired) electrons. The second-order valence-electron chi connectivity index (χ2n) is 5.45. The van der Waals surface area contributed by atoms with Gasteiger partial charge in [-0.2, -0.15) is 0 Å². The smallest absolute Gasteiger partial charge is 0.228 e. The molecule has 0 aromatic rings. The molecule has 0 N–H and O–H groups in total. The fraction of sp³-hybridized carbons (Fsp3) is 0.923. The Balaban J connectivity index is 2.76. The molecular formula is C13H26N2O. The van der Waals surface area contributed by atoms with Gasteiger partial charge in [0.2, 0.25) is 5.91 Å². The van der Waals surface area contributed by atoms with Crippen molar-refractivity contribution in [3.05, 3.63) is 0 Å². The quantitative estimate of drug-likeness (QED) is 0.734. The summed E-state index contributed by atoms with van der Waals surface area (Å²) in [5.74, 6) is 0.345. The number of hydrogen-bond acceptors (Lipinski definition) is 2. The second kappa shape index (κ2) is 5.17.